The van der Waals surface area contributed by atoms with Crippen molar-refractivity contribution in [3.05, 3.63) is 68.2 Å². The summed E-state index contributed by atoms with van der Waals surface area (Å²) >= 11 is 5.84. The number of nitrogens with one attached hydrogen (secondary N) is 1. The van der Waals surface area contributed by atoms with Crippen LogP contribution in [0.3, 0.4) is 0 Å². The molecule has 23 heavy (non-hydrogen) atoms. The summed E-state index contributed by atoms with van der Waals surface area (Å²) < 4.78 is 0. The van der Waals surface area contributed by atoms with Gasteiger partial charge in [-0.05, 0) is 31.2 Å². The van der Waals surface area contributed by atoms with Crippen LogP contribution in [0.25, 0.3) is 0 Å². The molecule has 0 aliphatic heterocycles. The summed E-state index contributed by atoms with van der Waals surface area (Å²) in [6.07, 6.45) is 0. The van der Waals surface area contributed by atoms with E-state index in [1.54, 1.807) is 0 Å². The number of hydrogen-bond donors (Lipinski definition) is 2. The zero-order valence-corrected chi connectivity index (χ0v) is 12.8. The van der Waals surface area contributed by atoms with Crippen LogP contribution in [-0.2, 0) is 0 Å². The maximum atomic E-state index is 12.3. The van der Waals surface area contributed by atoms with Gasteiger partial charge in [-0.2, -0.15) is 0 Å². The van der Waals surface area contributed by atoms with Crippen LogP contribution in [-0.4, -0.2) is 16.7 Å². The molecule has 0 atom stereocenters. The first-order valence-corrected chi connectivity index (χ1v) is 6.83. The molecule has 2 amide bonds. The number of nitro groups is 1. The minimum Gasteiger partial charge on any atom is -0.366 e. The zero-order valence-electron chi connectivity index (χ0n) is 12.0. The van der Waals surface area contributed by atoms with Crippen molar-refractivity contribution in [2.45, 2.75) is 6.92 Å². The van der Waals surface area contributed by atoms with E-state index in [1.807, 2.05) is 0 Å². The molecule has 118 valence electrons. The Morgan fingerprint density at radius 3 is 2.52 bits per heavy atom. The number of nitrogens with zero attached hydrogens (tertiary/aromatic N) is 1. The Hall–Kier alpha value is -2.93. The quantitative estimate of drug-likeness (QED) is 0.661. The highest BCUT2D eigenvalue weighted by Gasteiger charge is 2.18. The number of nitrogens with two attached hydrogens (primary N) is 1. The Morgan fingerprint density at radius 2 is 1.91 bits per heavy atom. The molecule has 0 aliphatic rings. The third-order valence-corrected chi connectivity index (χ3v) is 3.57. The van der Waals surface area contributed by atoms with Crippen LogP contribution in [0.5, 0.6) is 0 Å². The monoisotopic (exact) mass is 333 g/mol. The van der Waals surface area contributed by atoms with Gasteiger partial charge in [-0.25, -0.2) is 0 Å². The fraction of sp³-hybridized carbons (Fsp3) is 0.0667. The minimum atomic E-state index is -0.724. The largest absolute Gasteiger partial charge is 0.366 e. The van der Waals surface area contributed by atoms with Crippen LogP contribution in [0.1, 0.15) is 26.3 Å². The number of halogens is 1. The number of primary amides is 1. The average molecular weight is 334 g/mol. The van der Waals surface area contributed by atoms with Gasteiger partial charge in [0.1, 0.15) is 0 Å². The van der Waals surface area contributed by atoms with E-state index in [9.17, 15) is 19.7 Å². The van der Waals surface area contributed by atoms with Gasteiger partial charge in [0.15, 0.2) is 0 Å². The second kappa shape index (κ2) is 6.45. The lowest BCUT2D eigenvalue weighted by molar-refractivity contribution is -0.385. The fourth-order valence-electron chi connectivity index (χ4n) is 2.06. The molecule has 2 aromatic rings. The predicted octanol–water partition coefficient (Wildman–Crippen LogP) is 2.91. The highest BCUT2D eigenvalue weighted by Crippen LogP contribution is 2.24. The van der Waals surface area contributed by atoms with Crippen molar-refractivity contribution in [2.24, 2.45) is 5.73 Å². The standard InChI is InChI=1S/C15H12ClN3O4/c1-8-10(3-2-4-13(8)19(22)23)15(21)18-9-5-6-12(16)11(7-9)14(17)20/h2-7H,1H3,(H2,17,20)(H,18,21). The Balaban J connectivity index is 2.33. The van der Waals surface area contributed by atoms with E-state index in [0.717, 1.165) is 0 Å². The number of nitro benzene ring substituents is 1. The topological polar surface area (TPSA) is 115 Å². The summed E-state index contributed by atoms with van der Waals surface area (Å²) in [6, 6.07) is 8.49. The van der Waals surface area contributed by atoms with Crippen molar-refractivity contribution in [3.8, 4) is 0 Å². The summed E-state index contributed by atoms with van der Waals surface area (Å²) in [7, 11) is 0. The van der Waals surface area contributed by atoms with Crippen molar-refractivity contribution < 1.29 is 14.5 Å². The first-order valence-electron chi connectivity index (χ1n) is 6.46. The molecule has 0 aromatic heterocycles. The molecule has 0 radical (unpaired) electrons. The lowest BCUT2D eigenvalue weighted by atomic mass is 10.1. The van der Waals surface area contributed by atoms with Crippen molar-refractivity contribution in [1.82, 2.24) is 0 Å². The molecule has 3 N–H and O–H groups in total. The summed E-state index contributed by atoms with van der Waals surface area (Å²) in [5, 5.41) is 13.6. The van der Waals surface area contributed by atoms with Crippen LogP contribution < -0.4 is 11.1 Å². The highest BCUT2D eigenvalue weighted by atomic mass is 35.5. The molecule has 0 aliphatic carbocycles. The van der Waals surface area contributed by atoms with Gasteiger partial charge in [0.05, 0.1) is 15.5 Å². The van der Waals surface area contributed by atoms with E-state index >= 15 is 0 Å². The highest BCUT2D eigenvalue weighted by molar-refractivity contribution is 6.34. The minimum absolute atomic E-state index is 0.0697. The lowest BCUT2D eigenvalue weighted by Gasteiger charge is -2.09. The number of carbonyl (C=O) groups is 2. The second-order valence-corrected chi connectivity index (χ2v) is 5.13. The molecular formula is C15H12ClN3O4. The molecule has 0 unspecified atom stereocenters. The van der Waals surface area contributed by atoms with E-state index in [1.165, 1.54) is 43.3 Å². The maximum absolute atomic E-state index is 12.3. The molecule has 2 aromatic carbocycles. The number of benzene rings is 2. The average Bonchev–Trinajstić information content (AvgIpc) is 2.48. The zero-order chi connectivity index (χ0) is 17.1. The normalized spacial score (nSPS) is 10.2. The van der Waals surface area contributed by atoms with Gasteiger partial charge in [-0.15, -0.1) is 0 Å². The third kappa shape index (κ3) is 3.46. The summed E-state index contributed by atoms with van der Waals surface area (Å²) in [5.74, 6) is -1.26. The van der Waals surface area contributed by atoms with Crippen molar-refractivity contribution in [1.29, 1.82) is 0 Å². The van der Waals surface area contributed by atoms with Gasteiger partial charge in [-0.1, -0.05) is 17.7 Å². The fourth-order valence-corrected chi connectivity index (χ4v) is 2.27. The molecular weight excluding hydrogens is 322 g/mol. The molecule has 0 saturated heterocycles. The smallest absolute Gasteiger partial charge is 0.273 e. The first-order chi connectivity index (χ1) is 10.8. The van der Waals surface area contributed by atoms with Crippen LogP contribution in [0.15, 0.2) is 36.4 Å². The molecule has 0 heterocycles. The molecule has 2 rings (SSSR count). The van der Waals surface area contributed by atoms with Crippen LogP contribution >= 0.6 is 11.6 Å². The van der Waals surface area contributed by atoms with Gasteiger partial charge in [0.2, 0.25) is 5.91 Å². The van der Waals surface area contributed by atoms with Gasteiger partial charge < -0.3 is 11.1 Å². The van der Waals surface area contributed by atoms with Crippen molar-refractivity contribution >= 4 is 34.8 Å². The van der Waals surface area contributed by atoms with Gasteiger partial charge in [0.25, 0.3) is 11.6 Å². The summed E-state index contributed by atoms with van der Waals surface area (Å²) in [4.78, 5) is 33.9. The molecule has 0 saturated carbocycles. The van der Waals surface area contributed by atoms with E-state index < -0.39 is 16.7 Å². The Morgan fingerprint density at radius 1 is 1.22 bits per heavy atom. The molecule has 0 bridgehead atoms. The van der Waals surface area contributed by atoms with Crippen LogP contribution in [0.2, 0.25) is 5.02 Å². The SMILES string of the molecule is Cc1c(C(=O)Nc2ccc(Cl)c(C(N)=O)c2)cccc1[N+](=O)[O-]. The third-order valence-electron chi connectivity index (χ3n) is 3.24. The number of hydrogen-bond acceptors (Lipinski definition) is 4. The van der Waals surface area contributed by atoms with Crippen molar-refractivity contribution in [2.75, 3.05) is 5.32 Å². The first kappa shape index (κ1) is 16.4. The van der Waals surface area contributed by atoms with Crippen molar-refractivity contribution in [3.63, 3.8) is 0 Å². The van der Waals surface area contributed by atoms with Gasteiger partial charge in [0, 0.05) is 22.9 Å². The number of anilines is 1. The van der Waals surface area contributed by atoms with E-state index in [-0.39, 0.29) is 27.4 Å². The Kier molecular flexibility index (Phi) is 4.61. The maximum Gasteiger partial charge on any atom is 0.273 e. The van der Waals surface area contributed by atoms with Gasteiger partial charge >= 0.3 is 0 Å². The second-order valence-electron chi connectivity index (χ2n) is 4.72. The Labute approximate surface area is 136 Å². The summed E-state index contributed by atoms with van der Waals surface area (Å²) in [6.45, 7) is 1.49. The van der Waals surface area contributed by atoms with E-state index in [2.05, 4.69) is 5.32 Å². The predicted molar refractivity (Wildman–Crippen MR) is 85.8 cm³/mol. The number of amides is 2. The lowest BCUT2D eigenvalue weighted by Crippen LogP contribution is -2.16. The number of carbonyl (C=O) groups excluding carboxylic acids is 2. The van der Waals surface area contributed by atoms with Crippen LogP contribution in [0, 0.1) is 17.0 Å². The molecule has 8 heteroatoms. The number of rotatable bonds is 4. The molecule has 7 nitrogen and oxygen atoms in total. The van der Waals surface area contributed by atoms with Crippen LogP contribution in [0.4, 0.5) is 11.4 Å². The van der Waals surface area contributed by atoms with Gasteiger partial charge in [-0.3, -0.25) is 19.7 Å². The van der Waals surface area contributed by atoms with E-state index in [4.69, 9.17) is 17.3 Å². The molecule has 0 spiro atoms. The van der Waals surface area contributed by atoms with E-state index in [0.29, 0.717) is 5.69 Å². The Bertz CT molecular complexity index is 820. The summed E-state index contributed by atoms with van der Waals surface area (Å²) in [5.41, 5.74) is 5.83. The molecule has 0 fully saturated rings.